The van der Waals surface area contributed by atoms with Crippen molar-refractivity contribution >= 4 is 5.82 Å². The van der Waals surface area contributed by atoms with Gasteiger partial charge in [0, 0.05) is 25.3 Å². The van der Waals surface area contributed by atoms with Crippen molar-refractivity contribution in [2.45, 2.75) is 57.6 Å². The summed E-state index contributed by atoms with van der Waals surface area (Å²) >= 11 is 0. The first kappa shape index (κ1) is 14.6. The third-order valence-corrected chi connectivity index (χ3v) is 4.40. The zero-order valence-corrected chi connectivity index (χ0v) is 12.8. The van der Waals surface area contributed by atoms with Crippen molar-refractivity contribution in [1.29, 1.82) is 0 Å². The summed E-state index contributed by atoms with van der Waals surface area (Å²) in [6.07, 6.45) is 9.42. The lowest BCUT2D eigenvalue weighted by Crippen LogP contribution is -2.39. The van der Waals surface area contributed by atoms with E-state index in [1.165, 1.54) is 32.1 Å². The van der Waals surface area contributed by atoms with Crippen LogP contribution < -0.4 is 9.64 Å². The maximum atomic E-state index is 5.83. The minimum Gasteiger partial charge on any atom is -0.478 e. The molecule has 0 radical (unpaired) electrons. The van der Waals surface area contributed by atoms with Gasteiger partial charge in [-0.15, -0.1) is 0 Å². The van der Waals surface area contributed by atoms with Gasteiger partial charge in [0.25, 0.3) is 0 Å². The first-order valence-corrected chi connectivity index (χ1v) is 8.20. The van der Waals surface area contributed by atoms with Gasteiger partial charge in [0.15, 0.2) is 0 Å². The van der Waals surface area contributed by atoms with E-state index in [1.54, 1.807) is 6.33 Å². The van der Waals surface area contributed by atoms with Crippen LogP contribution >= 0.6 is 0 Å². The first-order chi connectivity index (χ1) is 10.4. The largest absolute Gasteiger partial charge is 0.478 e. The van der Waals surface area contributed by atoms with Gasteiger partial charge < -0.3 is 14.4 Å². The van der Waals surface area contributed by atoms with E-state index in [1.807, 2.05) is 13.0 Å². The molecule has 1 saturated carbocycles. The Morgan fingerprint density at radius 3 is 2.81 bits per heavy atom. The van der Waals surface area contributed by atoms with Gasteiger partial charge in [0.2, 0.25) is 5.88 Å². The Kier molecular flexibility index (Phi) is 4.91. The van der Waals surface area contributed by atoms with E-state index in [0.717, 1.165) is 25.4 Å². The fourth-order valence-electron chi connectivity index (χ4n) is 3.37. The Hall–Kier alpha value is -1.36. The lowest BCUT2D eigenvalue weighted by molar-refractivity contribution is 0.114. The van der Waals surface area contributed by atoms with Crippen molar-refractivity contribution < 1.29 is 9.47 Å². The Morgan fingerprint density at radius 2 is 2.10 bits per heavy atom. The van der Waals surface area contributed by atoms with Gasteiger partial charge in [-0.05, 0) is 32.6 Å². The molecule has 1 atom stereocenters. The summed E-state index contributed by atoms with van der Waals surface area (Å²) in [5.74, 6) is 1.65. The molecule has 5 heteroatoms. The normalized spacial score (nSPS) is 22.6. The molecule has 1 unspecified atom stereocenters. The minimum atomic E-state index is 0.344. The number of anilines is 1. The van der Waals surface area contributed by atoms with Gasteiger partial charge in [-0.3, -0.25) is 0 Å². The molecule has 1 aromatic heterocycles. The molecule has 21 heavy (non-hydrogen) atoms. The highest BCUT2D eigenvalue weighted by molar-refractivity contribution is 5.42. The molecule has 116 valence electrons. The highest BCUT2D eigenvalue weighted by Crippen LogP contribution is 2.29. The summed E-state index contributed by atoms with van der Waals surface area (Å²) in [6, 6.07) is 2.55. The molecule has 2 heterocycles. The van der Waals surface area contributed by atoms with E-state index < -0.39 is 0 Å². The average molecular weight is 291 g/mol. The van der Waals surface area contributed by atoms with E-state index in [-0.39, 0.29) is 0 Å². The predicted molar refractivity (Wildman–Crippen MR) is 81.8 cm³/mol. The molecule has 0 amide bonds. The molecule has 3 rings (SSSR count). The van der Waals surface area contributed by atoms with Crippen LogP contribution in [0.15, 0.2) is 12.4 Å². The molecule has 1 saturated heterocycles. The van der Waals surface area contributed by atoms with Crippen LogP contribution in [0.1, 0.15) is 45.4 Å². The topological polar surface area (TPSA) is 47.5 Å². The fourth-order valence-corrected chi connectivity index (χ4v) is 3.37. The summed E-state index contributed by atoms with van der Waals surface area (Å²) in [7, 11) is 0. The molecule has 1 aliphatic heterocycles. The Labute approximate surface area is 126 Å². The van der Waals surface area contributed by atoms with E-state index in [4.69, 9.17) is 9.47 Å². The second-order valence-electron chi connectivity index (χ2n) is 5.87. The number of rotatable bonds is 6. The van der Waals surface area contributed by atoms with Crippen molar-refractivity contribution in [1.82, 2.24) is 9.97 Å². The smallest absolute Gasteiger partial charge is 0.218 e. The van der Waals surface area contributed by atoms with Crippen LogP contribution in [-0.2, 0) is 4.74 Å². The zero-order chi connectivity index (χ0) is 14.5. The monoisotopic (exact) mass is 291 g/mol. The van der Waals surface area contributed by atoms with Gasteiger partial charge in [0.05, 0.1) is 12.7 Å². The molecule has 2 fully saturated rings. The number of hydrogen-bond donors (Lipinski definition) is 0. The van der Waals surface area contributed by atoms with E-state index in [0.29, 0.717) is 24.6 Å². The molecule has 0 aromatic carbocycles. The van der Waals surface area contributed by atoms with Crippen molar-refractivity contribution in [3.63, 3.8) is 0 Å². The first-order valence-electron chi connectivity index (χ1n) is 8.20. The summed E-state index contributed by atoms with van der Waals surface area (Å²) in [5, 5.41) is 0. The Bertz CT molecular complexity index is 443. The SMILES string of the molecule is CCOc1cc(N(CC2CCCO2)C2CCCC2)ncn1. The molecule has 1 aliphatic carbocycles. The fraction of sp³-hybridized carbons (Fsp3) is 0.750. The van der Waals surface area contributed by atoms with Crippen LogP contribution in [0, 0.1) is 0 Å². The van der Waals surface area contributed by atoms with Crippen LogP contribution in [0.2, 0.25) is 0 Å². The number of hydrogen-bond acceptors (Lipinski definition) is 5. The van der Waals surface area contributed by atoms with Crippen molar-refractivity contribution in [2.75, 3.05) is 24.7 Å². The number of nitrogens with zero attached hydrogens (tertiary/aromatic N) is 3. The van der Waals surface area contributed by atoms with Gasteiger partial charge in [-0.1, -0.05) is 12.8 Å². The van der Waals surface area contributed by atoms with Gasteiger partial charge in [0.1, 0.15) is 12.1 Å². The average Bonchev–Trinajstić information content (AvgIpc) is 3.19. The Balaban J connectivity index is 1.77. The third kappa shape index (κ3) is 3.64. The second kappa shape index (κ2) is 7.07. The lowest BCUT2D eigenvalue weighted by atomic mass is 10.1. The summed E-state index contributed by atoms with van der Waals surface area (Å²) in [5.41, 5.74) is 0. The second-order valence-corrected chi connectivity index (χ2v) is 5.87. The highest BCUT2D eigenvalue weighted by atomic mass is 16.5. The maximum Gasteiger partial charge on any atom is 0.218 e. The maximum absolute atomic E-state index is 5.83. The van der Waals surface area contributed by atoms with E-state index in [9.17, 15) is 0 Å². The molecular formula is C16H25N3O2. The third-order valence-electron chi connectivity index (χ3n) is 4.40. The van der Waals surface area contributed by atoms with Crippen LogP contribution in [0.4, 0.5) is 5.82 Å². The summed E-state index contributed by atoms with van der Waals surface area (Å²) in [6.45, 7) is 4.44. The molecule has 1 aromatic rings. The minimum absolute atomic E-state index is 0.344. The highest BCUT2D eigenvalue weighted by Gasteiger charge is 2.28. The molecule has 5 nitrogen and oxygen atoms in total. The molecule has 0 bridgehead atoms. The van der Waals surface area contributed by atoms with Crippen LogP contribution in [0.25, 0.3) is 0 Å². The number of aromatic nitrogens is 2. The van der Waals surface area contributed by atoms with Crippen molar-refractivity contribution in [2.24, 2.45) is 0 Å². The van der Waals surface area contributed by atoms with Crippen molar-refractivity contribution in [3.8, 4) is 5.88 Å². The Morgan fingerprint density at radius 1 is 1.24 bits per heavy atom. The zero-order valence-electron chi connectivity index (χ0n) is 12.8. The van der Waals surface area contributed by atoms with Crippen LogP contribution in [0.3, 0.4) is 0 Å². The molecule has 2 aliphatic rings. The van der Waals surface area contributed by atoms with E-state index in [2.05, 4.69) is 14.9 Å². The summed E-state index contributed by atoms with van der Waals surface area (Å²) < 4.78 is 11.3. The predicted octanol–water partition coefficient (Wildman–Crippen LogP) is 2.80. The molecule has 0 spiro atoms. The van der Waals surface area contributed by atoms with Gasteiger partial charge in [-0.2, -0.15) is 0 Å². The van der Waals surface area contributed by atoms with E-state index >= 15 is 0 Å². The molecular weight excluding hydrogens is 266 g/mol. The number of ether oxygens (including phenoxy) is 2. The van der Waals surface area contributed by atoms with Gasteiger partial charge >= 0.3 is 0 Å². The van der Waals surface area contributed by atoms with Crippen LogP contribution in [-0.4, -0.2) is 41.9 Å². The standard InChI is InChI=1S/C16H25N3O2/c1-2-20-16-10-15(17-12-18-16)19(13-6-3-4-7-13)11-14-8-5-9-21-14/h10,12-14H,2-9,11H2,1H3. The van der Waals surface area contributed by atoms with Gasteiger partial charge in [-0.25, -0.2) is 9.97 Å². The summed E-state index contributed by atoms with van der Waals surface area (Å²) in [4.78, 5) is 11.1. The lowest BCUT2D eigenvalue weighted by Gasteiger charge is -2.32. The van der Waals surface area contributed by atoms with Crippen molar-refractivity contribution in [3.05, 3.63) is 12.4 Å². The molecule has 0 N–H and O–H groups in total. The quantitative estimate of drug-likeness (QED) is 0.806. The van der Waals surface area contributed by atoms with Crippen LogP contribution in [0.5, 0.6) is 5.88 Å².